The number of esters is 5. The van der Waals surface area contributed by atoms with Crippen molar-refractivity contribution in [3.8, 4) is 0 Å². The summed E-state index contributed by atoms with van der Waals surface area (Å²) in [5.74, 6) is -6.16. The molecule has 368 valence electrons. The van der Waals surface area contributed by atoms with Crippen molar-refractivity contribution in [3.05, 3.63) is 144 Å². The maximum Gasteiger partial charge on any atom is 0.328 e. The number of rotatable bonds is 27. The molecule has 3 amide bonds. The quantitative estimate of drug-likeness (QED) is 0.0444. The third-order valence-electron chi connectivity index (χ3n) is 10.1. The van der Waals surface area contributed by atoms with Crippen molar-refractivity contribution in [2.75, 3.05) is 0 Å². The van der Waals surface area contributed by atoms with E-state index in [2.05, 4.69) is 16.0 Å². The summed E-state index contributed by atoms with van der Waals surface area (Å²) in [5, 5.41) is 7.68. The van der Waals surface area contributed by atoms with Crippen molar-refractivity contribution in [2.45, 2.75) is 128 Å². The molecule has 0 aliphatic carbocycles. The molecule has 0 aliphatic heterocycles. The van der Waals surface area contributed by atoms with E-state index >= 15 is 0 Å². The van der Waals surface area contributed by atoms with Crippen LogP contribution in [-0.2, 0) is 88.5 Å². The molecule has 0 saturated heterocycles. The van der Waals surface area contributed by atoms with Crippen molar-refractivity contribution in [3.63, 3.8) is 0 Å². The maximum absolute atomic E-state index is 14.2. The molecule has 0 saturated carbocycles. The summed E-state index contributed by atoms with van der Waals surface area (Å²) in [6.45, 7) is 4.76. The molecule has 69 heavy (non-hydrogen) atoms. The SMILES string of the molecule is CC(C)(C)OC(=O)CCC(N)C(=O)NC(CCC(=O)NC(CCC(=O)OCc1ccccc1)C(=O)OCc1ccccc1)C(=O)NC(CCC(=O)OCc1ccccc1)C(=O)OCc1ccccc1. The minimum Gasteiger partial charge on any atom is -0.461 e. The maximum atomic E-state index is 14.2. The zero-order valence-corrected chi connectivity index (χ0v) is 39.2. The Morgan fingerprint density at radius 1 is 0.435 bits per heavy atom. The number of carbonyl (C=O) groups is 8. The lowest BCUT2D eigenvalue weighted by atomic mass is 10.1. The van der Waals surface area contributed by atoms with Crippen molar-refractivity contribution in [1.29, 1.82) is 0 Å². The fourth-order valence-corrected chi connectivity index (χ4v) is 6.46. The van der Waals surface area contributed by atoms with Crippen LogP contribution in [0.25, 0.3) is 0 Å². The highest BCUT2D eigenvalue weighted by molar-refractivity contribution is 5.93. The summed E-state index contributed by atoms with van der Waals surface area (Å²) in [4.78, 5) is 106. The minimum atomic E-state index is -1.53. The topological polar surface area (TPSA) is 245 Å². The fourth-order valence-electron chi connectivity index (χ4n) is 6.46. The molecule has 0 spiro atoms. The second kappa shape index (κ2) is 28.7. The first-order valence-electron chi connectivity index (χ1n) is 22.7. The van der Waals surface area contributed by atoms with E-state index in [0.29, 0.717) is 11.1 Å². The summed E-state index contributed by atoms with van der Waals surface area (Å²) in [5.41, 5.74) is 8.21. The molecule has 4 unspecified atom stereocenters. The van der Waals surface area contributed by atoms with Crippen LogP contribution in [0.5, 0.6) is 0 Å². The van der Waals surface area contributed by atoms with E-state index in [0.717, 1.165) is 11.1 Å². The highest BCUT2D eigenvalue weighted by atomic mass is 16.6. The lowest BCUT2D eigenvalue weighted by molar-refractivity contribution is -0.155. The number of hydrogen-bond acceptors (Lipinski definition) is 14. The fraction of sp³-hybridized carbons (Fsp3) is 0.385. The van der Waals surface area contributed by atoms with E-state index in [-0.39, 0.29) is 65.0 Å². The minimum absolute atomic E-state index is 0.00106. The molecule has 17 heteroatoms. The van der Waals surface area contributed by atoms with E-state index in [1.54, 1.807) is 130 Å². The lowest BCUT2D eigenvalue weighted by Gasteiger charge is -2.24. The van der Waals surface area contributed by atoms with Gasteiger partial charge in [-0.2, -0.15) is 0 Å². The lowest BCUT2D eigenvalue weighted by Crippen LogP contribution is -2.55. The van der Waals surface area contributed by atoms with Gasteiger partial charge in [-0.15, -0.1) is 0 Å². The standard InChI is InChI=1S/C52H62N4O13/c1-52(2,3)69-47(60)29-24-40(53)48(61)55-41(49(62)56-43(51(64)68-35-39-22-14-7-15-23-39)27-31-46(59)66-33-37-18-10-5-11-19-37)25-28-44(57)54-42(50(63)67-34-38-20-12-6-13-21-38)26-30-45(58)65-32-36-16-8-4-9-17-36/h4-23,40-43H,24-35,53H2,1-3H3,(H,54,57)(H,55,61)(H,56,62). The molecule has 0 bridgehead atoms. The van der Waals surface area contributed by atoms with E-state index in [1.807, 2.05) is 12.1 Å². The molecule has 17 nitrogen and oxygen atoms in total. The Morgan fingerprint density at radius 2 is 0.783 bits per heavy atom. The highest BCUT2D eigenvalue weighted by Crippen LogP contribution is 2.14. The van der Waals surface area contributed by atoms with Gasteiger partial charge in [0.2, 0.25) is 17.7 Å². The van der Waals surface area contributed by atoms with E-state index in [9.17, 15) is 38.4 Å². The first kappa shape index (κ1) is 54.2. The molecule has 5 N–H and O–H groups in total. The highest BCUT2D eigenvalue weighted by Gasteiger charge is 2.31. The predicted molar refractivity (Wildman–Crippen MR) is 252 cm³/mol. The molecule has 0 radical (unpaired) electrons. The molecule has 0 aromatic heterocycles. The van der Waals surface area contributed by atoms with Gasteiger partial charge in [0.05, 0.1) is 6.04 Å². The van der Waals surface area contributed by atoms with Crippen LogP contribution in [0.15, 0.2) is 121 Å². The van der Waals surface area contributed by atoms with Gasteiger partial charge in [0.15, 0.2) is 0 Å². The zero-order valence-electron chi connectivity index (χ0n) is 39.2. The van der Waals surface area contributed by atoms with Crippen molar-refractivity contribution >= 4 is 47.6 Å². The molecule has 4 aromatic carbocycles. The number of amides is 3. The molecular formula is C52H62N4O13. The molecule has 0 aliphatic rings. The second-order valence-corrected chi connectivity index (χ2v) is 17.1. The van der Waals surface area contributed by atoms with Crippen LogP contribution >= 0.6 is 0 Å². The van der Waals surface area contributed by atoms with E-state index in [4.69, 9.17) is 29.4 Å². The number of hydrogen-bond donors (Lipinski definition) is 4. The van der Waals surface area contributed by atoms with Gasteiger partial charge in [0.25, 0.3) is 0 Å². The van der Waals surface area contributed by atoms with Crippen molar-refractivity contribution < 1.29 is 62.0 Å². The largest absolute Gasteiger partial charge is 0.461 e. The van der Waals surface area contributed by atoms with Gasteiger partial charge in [-0.3, -0.25) is 28.8 Å². The molecule has 4 rings (SSSR count). The molecule has 4 aromatic rings. The normalized spacial score (nSPS) is 12.7. The first-order chi connectivity index (χ1) is 33.0. The van der Waals surface area contributed by atoms with E-state index in [1.165, 1.54) is 0 Å². The average molecular weight is 951 g/mol. The second-order valence-electron chi connectivity index (χ2n) is 17.1. The molecular weight excluding hydrogens is 889 g/mol. The Balaban J connectivity index is 1.49. The Hall–Kier alpha value is -7.40. The predicted octanol–water partition coefficient (Wildman–Crippen LogP) is 5.20. The zero-order chi connectivity index (χ0) is 50.0. The molecule has 0 heterocycles. The summed E-state index contributed by atoms with van der Waals surface area (Å²) >= 11 is 0. The van der Waals surface area contributed by atoms with Gasteiger partial charge in [0, 0.05) is 25.7 Å². The van der Waals surface area contributed by atoms with Crippen LogP contribution in [0.3, 0.4) is 0 Å². The van der Waals surface area contributed by atoms with Crippen LogP contribution < -0.4 is 21.7 Å². The number of carbonyl (C=O) groups excluding carboxylic acids is 8. The number of ether oxygens (including phenoxy) is 5. The summed E-state index contributed by atoms with van der Waals surface area (Å²) in [6.07, 6.45) is -2.26. The van der Waals surface area contributed by atoms with E-state index < -0.39 is 90.2 Å². The van der Waals surface area contributed by atoms with Gasteiger partial charge in [-0.05, 0) is 68.7 Å². The number of nitrogens with two attached hydrogens (primary N) is 1. The smallest absolute Gasteiger partial charge is 0.328 e. The van der Waals surface area contributed by atoms with Crippen molar-refractivity contribution in [2.24, 2.45) is 5.73 Å². The van der Waals surface area contributed by atoms with Crippen LogP contribution in [0.4, 0.5) is 0 Å². The van der Waals surface area contributed by atoms with Gasteiger partial charge in [0.1, 0.15) is 50.2 Å². The van der Waals surface area contributed by atoms with Gasteiger partial charge < -0.3 is 45.4 Å². The van der Waals surface area contributed by atoms with Crippen molar-refractivity contribution in [1.82, 2.24) is 16.0 Å². The summed E-state index contributed by atoms with van der Waals surface area (Å²) in [6, 6.07) is 29.9. The van der Waals surface area contributed by atoms with Gasteiger partial charge in [-0.25, -0.2) is 9.59 Å². The first-order valence-corrected chi connectivity index (χ1v) is 22.7. The Bertz CT molecular complexity index is 2270. The Labute approximate surface area is 402 Å². The third-order valence-corrected chi connectivity index (χ3v) is 10.1. The number of benzene rings is 4. The van der Waals surface area contributed by atoms with Gasteiger partial charge >= 0.3 is 29.8 Å². The van der Waals surface area contributed by atoms with Crippen LogP contribution in [0.1, 0.15) is 94.4 Å². The Morgan fingerprint density at radius 3 is 1.19 bits per heavy atom. The molecule has 4 atom stereocenters. The average Bonchev–Trinajstić information content (AvgIpc) is 3.34. The number of nitrogens with one attached hydrogen (secondary N) is 3. The van der Waals surface area contributed by atoms with Crippen LogP contribution in [0.2, 0.25) is 0 Å². The molecule has 0 fully saturated rings. The summed E-state index contributed by atoms with van der Waals surface area (Å²) < 4.78 is 27.1. The van der Waals surface area contributed by atoms with Gasteiger partial charge in [-0.1, -0.05) is 121 Å². The van der Waals surface area contributed by atoms with Crippen LogP contribution in [0, 0.1) is 0 Å². The third kappa shape index (κ3) is 21.8. The monoisotopic (exact) mass is 950 g/mol. The summed E-state index contributed by atoms with van der Waals surface area (Å²) in [7, 11) is 0. The Kier molecular flexibility index (Phi) is 22.5. The van der Waals surface area contributed by atoms with Crippen LogP contribution in [-0.4, -0.2) is 77.3 Å².